The molecule has 22 heteroatoms. The molecule has 0 fully saturated rings. The minimum Gasteiger partial charge on any atom is -0.424 e. The van der Waals surface area contributed by atoms with Gasteiger partial charge in [0.05, 0.1) is 0 Å². The van der Waals surface area contributed by atoms with Crippen LogP contribution in [0.2, 0.25) is 0 Å². The quantitative estimate of drug-likeness (QED) is 0.0960. The molecule has 0 amide bonds. The zero-order chi connectivity index (χ0) is 21.4. The van der Waals surface area contributed by atoms with E-state index >= 15 is 0 Å². The standard InChI is InChI=1S/5CH2O4.Fe.Mg/c5*2-1(3)5-4;;/h5*4H,(H,2,3);;/q;;;;;+3;+2/p-5. The van der Waals surface area contributed by atoms with Gasteiger partial charge < -0.3 is 73.9 Å². The van der Waals surface area contributed by atoms with Crippen LogP contribution in [-0.2, 0) is 41.5 Å². The second kappa shape index (κ2) is 38.8. The van der Waals surface area contributed by atoms with Crippen molar-refractivity contribution in [2.45, 2.75) is 0 Å². The fraction of sp³-hybridized carbons (Fsp3) is 0. The zero-order valence-electron chi connectivity index (χ0n) is 11.9. The summed E-state index contributed by atoms with van der Waals surface area (Å²) < 4.78 is 0. The van der Waals surface area contributed by atoms with E-state index in [9.17, 15) is 0 Å². The van der Waals surface area contributed by atoms with Crippen molar-refractivity contribution in [2.24, 2.45) is 0 Å². The van der Waals surface area contributed by atoms with E-state index in [-0.39, 0.29) is 40.1 Å². The van der Waals surface area contributed by atoms with Gasteiger partial charge in [0.15, 0.2) is 0 Å². The molecular weight excluding hydrogens is 460 g/mol. The maximum Gasteiger partial charge on any atom is 3.00 e. The molecule has 0 rings (SSSR count). The molecule has 27 heavy (non-hydrogen) atoms. The largest absolute Gasteiger partial charge is 3.00 e. The van der Waals surface area contributed by atoms with E-state index in [0.717, 1.165) is 0 Å². The first-order valence-electron chi connectivity index (χ1n) is 3.97. The first kappa shape index (κ1) is 44.1. The number of rotatable bonds is 0. The van der Waals surface area contributed by atoms with Crippen LogP contribution in [-0.4, -0.2) is 80.1 Å². The molecule has 0 bridgehead atoms. The van der Waals surface area contributed by atoms with E-state index in [4.69, 9.17) is 75.8 Å². The number of carbonyl (C=O) groups is 5. The van der Waals surface area contributed by atoms with Gasteiger partial charge in [0.1, 0.15) is 0 Å². The number of carbonyl (C=O) groups excluding carboxylic acids is 5. The van der Waals surface area contributed by atoms with Crippen molar-refractivity contribution in [3.05, 3.63) is 0 Å². The third-order valence-corrected chi connectivity index (χ3v) is 0.373. The maximum atomic E-state index is 8.78. The monoisotopic (exact) mass is 465 g/mol. The molecule has 0 saturated carbocycles. The zero-order valence-corrected chi connectivity index (χ0v) is 14.4. The summed E-state index contributed by atoms with van der Waals surface area (Å²) in [6.07, 6.45) is -9.70. The summed E-state index contributed by atoms with van der Waals surface area (Å²) in [5.41, 5.74) is 0. The van der Waals surface area contributed by atoms with E-state index in [1.165, 1.54) is 0 Å². The van der Waals surface area contributed by atoms with Crippen molar-refractivity contribution in [1.29, 1.82) is 0 Å². The Bertz CT molecular complexity index is 288. The smallest absolute Gasteiger partial charge is 0.424 e. The van der Waals surface area contributed by atoms with E-state index in [1.807, 2.05) is 0 Å². The van der Waals surface area contributed by atoms with Crippen LogP contribution in [0.25, 0.3) is 0 Å². The number of hydrogen-bond acceptors (Lipinski definition) is 20. The van der Waals surface area contributed by atoms with Gasteiger partial charge in [0, 0.05) is 0 Å². The molecule has 0 aromatic carbocycles. The Labute approximate surface area is 171 Å². The van der Waals surface area contributed by atoms with E-state index in [2.05, 4.69) is 24.4 Å². The van der Waals surface area contributed by atoms with Crippen molar-refractivity contribution in [1.82, 2.24) is 0 Å². The molecular formula is C5H5FeMgO20. The maximum absolute atomic E-state index is 8.78. The van der Waals surface area contributed by atoms with Gasteiger partial charge in [0.25, 0.3) is 30.8 Å². The Kier molecular flexibility index (Phi) is 63.4. The Morgan fingerprint density at radius 1 is 0.444 bits per heavy atom. The van der Waals surface area contributed by atoms with Crippen LogP contribution in [0.3, 0.4) is 0 Å². The molecule has 1 radical (unpaired) electrons. The van der Waals surface area contributed by atoms with Crippen molar-refractivity contribution < 1.29 is 117 Å². The number of carboxylic acid groups (broad SMARTS) is 5. The van der Waals surface area contributed by atoms with Gasteiger partial charge in [-0.15, -0.1) is 0 Å². The van der Waals surface area contributed by atoms with Crippen molar-refractivity contribution in [3.8, 4) is 0 Å². The van der Waals surface area contributed by atoms with Gasteiger partial charge in [-0.3, -0.25) is 26.3 Å². The summed E-state index contributed by atoms with van der Waals surface area (Å²) in [6, 6.07) is 0. The van der Waals surface area contributed by atoms with Gasteiger partial charge in [-0.25, -0.2) is 0 Å². The second-order valence-electron chi connectivity index (χ2n) is 1.71. The minimum atomic E-state index is -1.94. The predicted octanol–water partition coefficient (Wildman–Crippen LogP) is -6.29. The molecule has 0 spiro atoms. The SMILES string of the molecule is O=C([O-])OO.O=C([O-])OO.O=C([O-])OO.O=C([O-])OO.O=C([O-])OO.[Fe+3].[Mg+2]. The molecule has 5 N–H and O–H groups in total. The predicted molar refractivity (Wildman–Crippen MR) is 51.3 cm³/mol. The Balaban J connectivity index is -0.0000000364. The van der Waals surface area contributed by atoms with Crippen molar-refractivity contribution >= 4 is 53.8 Å². The summed E-state index contributed by atoms with van der Waals surface area (Å²) in [5, 5.41) is 78.8. The van der Waals surface area contributed by atoms with Gasteiger partial charge in [-0.05, 0) is 0 Å². The molecule has 0 atom stereocenters. The first-order valence-corrected chi connectivity index (χ1v) is 3.97. The van der Waals surface area contributed by atoms with Crippen LogP contribution in [0, 0.1) is 0 Å². The molecule has 0 aromatic heterocycles. The molecule has 0 aliphatic heterocycles. The fourth-order valence-electron chi connectivity index (χ4n) is 0. The third kappa shape index (κ3) is 195. The normalized spacial score (nSPS) is 6.11. The Hall–Kier alpha value is -2.56. The van der Waals surface area contributed by atoms with Crippen LogP contribution in [0.4, 0.5) is 24.0 Å². The van der Waals surface area contributed by atoms with Crippen LogP contribution >= 0.6 is 0 Å². The van der Waals surface area contributed by atoms with E-state index in [1.54, 1.807) is 0 Å². The van der Waals surface area contributed by atoms with E-state index in [0.29, 0.717) is 0 Å². The van der Waals surface area contributed by atoms with Gasteiger partial charge in [0.2, 0.25) is 0 Å². The Morgan fingerprint density at radius 2 is 0.481 bits per heavy atom. The summed E-state index contributed by atoms with van der Waals surface area (Å²) in [6.45, 7) is 0. The molecule has 0 aliphatic rings. The molecule has 0 aliphatic carbocycles. The fourth-order valence-corrected chi connectivity index (χ4v) is 0. The van der Waals surface area contributed by atoms with Gasteiger partial charge in [-0.2, -0.15) is 0 Å². The summed E-state index contributed by atoms with van der Waals surface area (Å²) in [4.78, 5) is 56.7. The Morgan fingerprint density at radius 3 is 0.481 bits per heavy atom. The minimum absolute atomic E-state index is 0. The number of hydrogen-bond donors (Lipinski definition) is 5. The molecule has 0 unspecified atom stereocenters. The topological polar surface area (TPSA) is 348 Å². The molecule has 155 valence electrons. The van der Waals surface area contributed by atoms with E-state index < -0.39 is 30.8 Å². The summed E-state index contributed by atoms with van der Waals surface area (Å²) >= 11 is 0. The molecule has 0 aromatic rings. The average molecular weight is 465 g/mol. The third-order valence-electron chi connectivity index (χ3n) is 0.373. The van der Waals surface area contributed by atoms with Crippen molar-refractivity contribution in [3.63, 3.8) is 0 Å². The molecule has 20 nitrogen and oxygen atoms in total. The molecule has 0 saturated heterocycles. The van der Waals surface area contributed by atoms with Crippen molar-refractivity contribution in [2.75, 3.05) is 0 Å². The van der Waals surface area contributed by atoms with Crippen LogP contribution in [0.1, 0.15) is 0 Å². The molecule has 0 heterocycles. The van der Waals surface area contributed by atoms with Gasteiger partial charge in [-0.1, -0.05) is 0 Å². The van der Waals surface area contributed by atoms with Crippen LogP contribution in [0.5, 0.6) is 0 Å². The summed E-state index contributed by atoms with van der Waals surface area (Å²) in [5.74, 6) is 0. The summed E-state index contributed by atoms with van der Waals surface area (Å²) in [7, 11) is 0. The first-order chi connectivity index (χ1) is 11.4. The average Bonchev–Trinajstić information content (AvgIpc) is 2.56. The second-order valence-corrected chi connectivity index (χ2v) is 1.71. The van der Waals surface area contributed by atoms with Crippen LogP contribution < -0.4 is 25.5 Å². The van der Waals surface area contributed by atoms with Gasteiger partial charge >= 0.3 is 40.1 Å². The van der Waals surface area contributed by atoms with Crippen LogP contribution in [0.15, 0.2) is 0 Å².